The van der Waals surface area contributed by atoms with Gasteiger partial charge in [0.05, 0.1) is 6.54 Å². The Morgan fingerprint density at radius 2 is 1.74 bits per heavy atom. The molecule has 0 aromatic rings. The summed E-state index contributed by atoms with van der Waals surface area (Å²) in [6.45, 7) is 5.75. The number of carbonyl (C=O) groups is 1. The predicted octanol–water partition coefficient (Wildman–Crippen LogP) is 1.07. The molecule has 0 aromatic carbocycles. The van der Waals surface area contributed by atoms with Crippen molar-refractivity contribution in [3.8, 4) is 0 Å². The van der Waals surface area contributed by atoms with Crippen LogP contribution in [0.2, 0.25) is 0 Å². The Balaban J connectivity index is 1.58. The summed E-state index contributed by atoms with van der Waals surface area (Å²) >= 11 is 0. The second-order valence-electron chi connectivity index (χ2n) is 6.37. The Morgan fingerprint density at radius 1 is 1.00 bits per heavy atom. The fourth-order valence-corrected chi connectivity index (χ4v) is 4.09. The van der Waals surface area contributed by atoms with E-state index in [0.717, 1.165) is 38.6 Å². The summed E-state index contributed by atoms with van der Waals surface area (Å²) in [5.41, 5.74) is 0. The minimum atomic E-state index is 0.388. The van der Waals surface area contributed by atoms with Gasteiger partial charge < -0.3 is 10.2 Å². The third-order valence-corrected chi connectivity index (χ3v) is 5.13. The lowest BCUT2D eigenvalue weighted by Crippen LogP contribution is -2.54. The average Bonchev–Trinajstić information content (AvgIpc) is 2.47. The Labute approximate surface area is 116 Å². The normalized spacial score (nSPS) is 32.9. The molecule has 19 heavy (non-hydrogen) atoms. The first kappa shape index (κ1) is 13.4. The van der Waals surface area contributed by atoms with Crippen LogP contribution in [0.5, 0.6) is 0 Å². The predicted molar refractivity (Wildman–Crippen MR) is 76.0 cm³/mol. The highest BCUT2D eigenvalue weighted by Gasteiger charge is 2.35. The summed E-state index contributed by atoms with van der Waals surface area (Å²) < 4.78 is 0. The van der Waals surface area contributed by atoms with Crippen molar-refractivity contribution in [2.45, 2.75) is 44.6 Å². The lowest BCUT2D eigenvalue weighted by molar-refractivity contribution is -0.138. The quantitative estimate of drug-likeness (QED) is 0.811. The molecule has 3 rings (SSSR count). The number of hydrogen-bond acceptors (Lipinski definition) is 3. The van der Waals surface area contributed by atoms with Crippen LogP contribution < -0.4 is 5.32 Å². The van der Waals surface area contributed by atoms with Crippen LogP contribution in [0.3, 0.4) is 0 Å². The van der Waals surface area contributed by atoms with Crippen LogP contribution in [-0.2, 0) is 4.79 Å². The monoisotopic (exact) mass is 265 g/mol. The number of carbonyl (C=O) groups excluding carboxylic acids is 1. The Hall–Kier alpha value is -0.610. The number of nitrogens with zero attached hydrogens (tertiary/aromatic N) is 2. The third kappa shape index (κ3) is 3.11. The van der Waals surface area contributed by atoms with Gasteiger partial charge in [0.1, 0.15) is 0 Å². The molecule has 4 nitrogen and oxygen atoms in total. The highest BCUT2D eigenvalue weighted by molar-refractivity contribution is 5.78. The molecule has 1 amide bonds. The molecule has 4 heteroatoms. The largest absolute Gasteiger partial charge is 0.338 e. The van der Waals surface area contributed by atoms with E-state index in [1.807, 2.05) is 0 Å². The maximum atomic E-state index is 12.6. The molecule has 0 bridgehead atoms. The first-order valence-corrected chi connectivity index (χ1v) is 8.07. The molecule has 2 atom stereocenters. The van der Waals surface area contributed by atoms with E-state index in [0.29, 0.717) is 18.5 Å². The Morgan fingerprint density at radius 3 is 2.58 bits per heavy atom. The van der Waals surface area contributed by atoms with Crippen molar-refractivity contribution in [1.29, 1.82) is 0 Å². The molecule has 2 aliphatic heterocycles. The molecule has 2 saturated heterocycles. The maximum Gasteiger partial charge on any atom is 0.237 e. The molecule has 0 aromatic heterocycles. The van der Waals surface area contributed by atoms with Crippen LogP contribution >= 0.6 is 0 Å². The molecular formula is C15H27N3O. The van der Waals surface area contributed by atoms with Gasteiger partial charge in [-0.25, -0.2) is 0 Å². The van der Waals surface area contributed by atoms with Crippen LogP contribution in [0.25, 0.3) is 0 Å². The van der Waals surface area contributed by atoms with Gasteiger partial charge in [-0.15, -0.1) is 0 Å². The molecule has 1 aliphatic carbocycles. The number of piperidine rings is 1. The van der Waals surface area contributed by atoms with Crippen molar-refractivity contribution in [2.75, 3.05) is 39.3 Å². The SMILES string of the molecule is O=C(CN1CCNCC1)N1CCC[C@H]2CCCC[C@H]21. The molecule has 3 aliphatic rings. The van der Waals surface area contributed by atoms with Gasteiger partial charge in [-0.1, -0.05) is 12.8 Å². The highest BCUT2D eigenvalue weighted by Crippen LogP contribution is 2.35. The van der Waals surface area contributed by atoms with Crippen LogP contribution in [0.1, 0.15) is 38.5 Å². The number of fused-ring (bicyclic) bond motifs is 1. The fraction of sp³-hybridized carbons (Fsp3) is 0.933. The number of nitrogens with one attached hydrogen (secondary N) is 1. The Bertz CT molecular complexity index is 313. The second kappa shape index (κ2) is 6.23. The lowest BCUT2D eigenvalue weighted by Gasteiger charge is -2.44. The lowest BCUT2D eigenvalue weighted by atomic mass is 9.78. The number of hydrogen-bond donors (Lipinski definition) is 1. The topological polar surface area (TPSA) is 35.6 Å². The minimum Gasteiger partial charge on any atom is -0.338 e. The molecule has 0 radical (unpaired) electrons. The number of likely N-dealkylation sites (tertiary alicyclic amines) is 1. The van der Waals surface area contributed by atoms with Gasteiger partial charge in [0.25, 0.3) is 0 Å². The highest BCUT2D eigenvalue weighted by atomic mass is 16.2. The fourth-order valence-electron chi connectivity index (χ4n) is 4.09. The first-order chi connectivity index (χ1) is 9.34. The van der Waals surface area contributed by atoms with E-state index < -0.39 is 0 Å². The molecule has 1 saturated carbocycles. The minimum absolute atomic E-state index is 0.388. The summed E-state index contributed by atoms with van der Waals surface area (Å²) in [6, 6.07) is 0.568. The summed E-state index contributed by atoms with van der Waals surface area (Å²) in [5.74, 6) is 1.19. The maximum absolute atomic E-state index is 12.6. The molecule has 0 unspecified atom stereocenters. The van der Waals surface area contributed by atoms with E-state index in [1.54, 1.807) is 0 Å². The smallest absolute Gasteiger partial charge is 0.237 e. The van der Waals surface area contributed by atoms with Crippen molar-refractivity contribution >= 4 is 5.91 Å². The zero-order valence-corrected chi connectivity index (χ0v) is 11.9. The van der Waals surface area contributed by atoms with Gasteiger partial charge in [0, 0.05) is 38.8 Å². The van der Waals surface area contributed by atoms with E-state index >= 15 is 0 Å². The molecule has 2 heterocycles. The van der Waals surface area contributed by atoms with Crippen LogP contribution in [0.15, 0.2) is 0 Å². The van der Waals surface area contributed by atoms with E-state index in [-0.39, 0.29) is 0 Å². The molecular weight excluding hydrogens is 238 g/mol. The van der Waals surface area contributed by atoms with Crippen LogP contribution in [0.4, 0.5) is 0 Å². The van der Waals surface area contributed by atoms with Gasteiger partial charge in [0.15, 0.2) is 0 Å². The van der Waals surface area contributed by atoms with Crippen molar-refractivity contribution in [3.63, 3.8) is 0 Å². The molecule has 0 spiro atoms. The zero-order chi connectivity index (χ0) is 13.1. The van der Waals surface area contributed by atoms with E-state index in [4.69, 9.17) is 0 Å². The standard InChI is InChI=1S/C15H27N3O/c19-15(12-17-10-7-16-8-11-17)18-9-3-5-13-4-1-2-6-14(13)18/h13-14,16H,1-12H2/t13-,14-/m1/s1. The number of rotatable bonds is 2. The van der Waals surface area contributed by atoms with Gasteiger partial charge >= 0.3 is 0 Å². The van der Waals surface area contributed by atoms with Gasteiger partial charge in [0.2, 0.25) is 5.91 Å². The van der Waals surface area contributed by atoms with Crippen molar-refractivity contribution in [2.24, 2.45) is 5.92 Å². The number of piperazine rings is 1. The van der Waals surface area contributed by atoms with Crippen LogP contribution in [0, 0.1) is 5.92 Å². The van der Waals surface area contributed by atoms with E-state index in [9.17, 15) is 4.79 Å². The van der Waals surface area contributed by atoms with Crippen LogP contribution in [-0.4, -0.2) is 61.0 Å². The van der Waals surface area contributed by atoms with Crippen molar-refractivity contribution < 1.29 is 4.79 Å². The van der Waals surface area contributed by atoms with Crippen molar-refractivity contribution in [3.05, 3.63) is 0 Å². The number of amides is 1. The Kier molecular flexibility index (Phi) is 4.38. The third-order valence-electron chi connectivity index (χ3n) is 5.13. The average molecular weight is 265 g/mol. The summed E-state index contributed by atoms with van der Waals surface area (Å²) in [5, 5.41) is 3.35. The molecule has 3 fully saturated rings. The summed E-state index contributed by atoms with van der Waals surface area (Å²) in [4.78, 5) is 17.1. The van der Waals surface area contributed by atoms with E-state index in [1.165, 1.54) is 38.5 Å². The second-order valence-corrected chi connectivity index (χ2v) is 6.37. The van der Waals surface area contributed by atoms with Crippen molar-refractivity contribution in [1.82, 2.24) is 15.1 Å². The zero-order valence-electron chi connectivity index (χ0n) is 11.9. The molecule has 108 valence electrons. The van der Waals surface area contributed by atoms with Gasteiger partial charge in [-0.05, 0) is 31.6 Å². The van der Waals surface area contributed by atoms with E-state index in [2.05, 4.69) is 15.1 Å². The van der Waals surface area contributed by atoms with Gasteiger partial charge in [-0.2, -0.15) is 0 Å². The summed E-state index contributed by atoms with van der Waals surface area (Å²) in [7, 11) is 0. The van der Waals surface area contributed by atoms with Gasteiger partial charge in [-0.3, -0.25) is 9.69 Å². The summed E-state index contributed by atoms with van der Waals surface area (Å²) in [6.07, 6.45) is 7.86. The first-order valence-electron chi connectivity index (χ1n) is 8.07. The molecule has 1 N–H and O–H groups in total.